The van der Waals surface area contributed by atoms with E-state index >= 15 is 0 Å². The molecule has 0 radical (unpaired) electrons. The molecule has 0 aliphatic carbocycles. The van der Waals surface area contributed by atoms with Crippen LogP contribution in [0.3, 0.4) is 0 Å². The van der Waals surface area contributed by atoms with E-state index in [2.05, 4.69) is 17.7 Å². The summed E-state index contributed by atoms with van der Waals surface area (Å²) in [7, 11) is -0.379. The summed E-state index contributed by atoms with van der Waals surface area (Å²) >= 11 is 0. The van der Waals surface area contributed by atoms with Crippen LogP contribution in [0, 0.1) is 0 Å². The topological polar surface area (TPSA) is 64.6 Å². The minimum atomic E-state index is -3.54. The monoisotopic (exact) mass is 349 g/mol. The smallest absolute Gasteiger partial charge is 0.240 e. The summed E-state index contributed by atoms with van der Waals surface area (Å²) in [6, 6.07) is 12.3. The molecular formula is C18H23NO4S. The molecule has 0 aliphatic rings. The minimum Gasteiger partial charge on any atom is -0.497 e. The van der Waals surface area contributed by atoms with Gasteiger partial charge >= 0.3 is 0 Å². The molecule has 0 atom stereocenters. The van der Waals surface area contributed by atoms with Crippen molar-refractivity contribution >= 4 is 10.0 Å². The second-order valence-corrected chi connectivity index (χ2v) is 7.09. The molecule has 0 unspecified atom stereocenters. The van der Waals surface area contributed by atoms with Crippen molar-refractivity contribution in [3.8, 4) is 11.5 Å². The Morgan fingerprint density at radius 1 is 1.00 bits per heavy atom. The second kappa shape index (κ2) is 8.17. The lowest BCUT2D eigenvalue weighted by atomic mass is 10.1. The van der Waals surface area contributed by atoms with Crippen LogP contribution in [0.5, 0.6) is 11.5 Å². The van der Waals surface area contributed by atoms with E-state index in [4.69, 9.17) is 9.47 Å². The normalized spacial score (nSPS) is 11.3. The largest absolute Gasteiger partial charge is 0.497 e. The van der Waals surface area contributed by atoms with E-state index in [0.717, 1.165) is 17.7 Å². The molecule has 0 spiro atoms. The Bertz CT molecular complexity index is 770. The lowest BCUT2D eigenvalue weighted by Gasteiger charge is -2.11. The van der Waals surface area contributed by atoms with Gasteiger partial charge in [0.05, 0.1) is 19.1 Å². The first-order valence-electron chi connectivity index (χ1n) is 7.79. The highest BCUT2D eigenvalue weighted by Crippen LogP contribution is 2.21. The fourth-order valence-corrected chi connectivity index (χ4v) is 3.44. The maximum Gasteiger partial charge on any atom is 0.240 e. The van der Waals surface area contributed by atoms with Gasteiger partial charge in [-0.3, -0.25) is 0 Å². The van der Waals surface area contributed by atoms with Gasteiger partial charge in [0.1, 0.15) is 11.5 Å². The molecule has 0 heterocycles. The maximum absolute atomic E-state index is 12.3. The van der Waals surface area contributed by atoms with Crippen LogP contribution in [0.15, 0.2) is 47.4 Å². The Balaban J connectivity index is 2.04. The van der Waals surface area contributed by atoms with Crippen LogP contribution in [0.25, 0.3) is 0 Å². The van der Waals surface area contributed by atoms with E-state index in [0.29, 0.717) is 18.7 Å². The van der Waals surface area contributed by atoms with Crippen LogP contribution in [-0.4, -0.2) is 29.2 Å². The number of aryl methyl sites for hydroxylation is 1. The van der Waals surface area contributed by atoms with E-state index in [-0.39, 0.29) is 4.90 Å². The lowest BCUT2D eigenvalue weighted by molar-refractivity contribution is 0.409. The number of hydrogen-bond acceptors (Lipinski definition) is 4. The van der Waals surface area contributed by atoms with Gasteiger partial charge in [0, 0.05) is 6.54 Å². The molecule has 0 saturated heterocycles. The summed E-state index contributed by atoms with van der Waals surface area (Å²) in [4.78, 5) is 0.220. The highest BCUT2D eigenvalue weighted by Gasteiger charge is 2.14. The fourth-order valence-electron chi connectivity index (χ4n) is 2.41. The molecule has 130 valence electrons. The molecule has 1 N–H and O–H groups in total. The summed E-state index contributed by atoms with van der Waals surface area (Å²) in [5, 5.41) is 0. The zero-order chi connectivity index (χ0) is 17.6. The van der Waals surface area contributed by atoms with Gasteiger partial charge < -0.3 is 9.47 Å². The summed E-state index contributed by atoms with van der Waals surface area (Å²) in [6.07, 6.45) is 1.49. The summed E-state index contributed by atoms with van der Waals surface area (Å²) in [6.45, 7) is 2.38. The molecule has 0 fully saturated rings. The Labute approximate surface area is 143 Å². The van der Waals surface area contributed by atoms with Crippen molar-refractivity contribution in [3.63, 3.8) is 0 Å². The molecule has 5 nitrogen and oxygen atoms in total. The third kappa shape index (κ3) is 4.49. The van der Waals surface area contributed by atoms with Crippen molar-refractivity contribution in [1.29, 1.82) is 0 Å². The third-order valence-corrected chi connectivity index (χ3v) is 5.29. The van der Waals surface area contributed by atoms with Gasteiger partial charge in [0.15, 0.2) is 0 Å². The Morgan fingerprint density at radius 3 is 2.29 bits per heavy atom. The second-order valence-electron chi connectivity index (χ2n) is 5.32. The number of hydrogen-bond donors (Lipinski definition) is 1. The first kappa shape index (κ1) is 18.3. The molecule has 24 heavy (non-hydrogen) atoms. The van der Waals surface area contributed by atoms with Crippen molar-refractivity contribution in [2.45, 2.75) is 24.7 Å². The molecular weight excluding hydrogens is 326 g/mol. The van der Waals surface area contributed by atoms with Crippen molar-refractivity contribution in [3.05, 3.63) is 53.6 Å². The predicted molar refractivity (Wildman–Crippen MR) is 94.3 cm³/mol. The number of sulfonamides is 1. The van der Waals surface area contributed by atoms with E-state index in [1.807, 2.05) is 12.1 Å². The molecule has 0 bridgehead atoms. The van der Waals surface area contributed by atoms with E-state index < -0.39 is 10.0 Å². The fraction of sp³-hybridized carbons (Fsp3) is 0.333. The van der Waals surface area contributed by atoms with Crippen LogP contribution in [0.1, 0.15) is 18.1 Å². The first-order chi connectivity index (χ1) is 11.5. The summed E-state index contributed by atoms with van der Waals surface area (Å²) < 4.78 is 37.6. The Morgan fingerprint density at radius 2 is 1.71 bits per heavy atom. The van der Waals surface area contributed by atoms with E-state index in [9.17, 15) is 8.42 Å². The minimum absolute atomic E-state index is 0.220. The van der Waals surface area contributed by atoms with Crippen LogP contribution in [-0.2, 0) is 22.9 Å². The molecule has 0 amide bonds. The quantitative estimate of drug-likeness (QED) is 0.796. The molecule has 2 rings (SSSR count). The molecule has 2 aromatic carbocycles. The van der Waals surface area contributed by atoms with E-state index in [1.54, 1.807) is 26.4 Å². The zero-order valence-electron chi connectivity index (χ0n) is 14.2. The van der Waals surface area contributed by atoms with Crippen molar-refractivity contribution in [2.75, 3.05) is 20.8 Å². The van der Waals surface area contributed by atoms with Crippen molar-refractivity contribution in [1.82, 2.24) is 4.72 Å². The van der Waals surface area contributed by atoms with Gasteiger partial charge in [-0.15, -0.1) is 0 Å². The van der Waals surface area contributed by atoms with Gasteiger partial charge in [0.2, 0.25) is 10.0 Å². The highest BCUT2D eigenvalue weighted by molar-refractivity contribution is 7.89. The van der Waals surface area contributed by atoms with Gasteiger partial charge in [-0.2, -0.15) is 0 Å². The van der Waals surface area contributed by atoms with Crippen molar-refractivity contribution in [2.24, 2.45) is 0 Å². The number of ether oxygens (including phenoxy) is 2. The summed E-state index contributed by atoms with van der Waals surface area (Å²) in [5.74, 6) is 1.39. The average molecular weight is 349 g/mol. The van der Waals surface area contributed by atoms with Crippen LogP contribution in [0.4, 0.5) is 0 Å². The first-order valence-corrected chi connectivity index (χ1v) is 9.28. The average Bonchev–Trinajstić information content (AvgIpc) is 2.61. The van der Waals surface area contributed by atoms with Crippen LogP contribution >= 0.6 is 0 Å². The van der Waals surface area contributed by atoms with Crippen molar-refractivity contribution < 1.29 is 17.9 Å². The van der Waals surface area contributed by atoms with Crippen LogP contribution in [0.2, 0.25) is 0 Å². The molecule has 6 heteroatoms. The molecule has 0 aromatic heterocycles. The highest BCUT2D eigenvalue weighted by atomic mass is 32.2. The SMILES string of the molecule is CCc1ccc(OC)c(CCNS(=O)(=O)c2ccc(OC)cc2)c1. The Hall–Kier alpha value is -2.05. The number of methoxy groups -OCH3 is 2. The standard InChI is InChI=1S/C18H23NO4S/c1-4-14-5-10-18(23-3)15(13-14)11-12-19-24(20,21)17-8-6-16(22-2)7-9-17/h5-10,13,19H,4,11-12H2,1-3H3. The van der Waals surface area contributed by atoms with Gasteiger partial charge in [-0.1, -0.05) is 19.1 Å². The van der Waals surface area contributed by atoms with Gasteiger partial charge in [-0.25, -0.2) is 13.1 Å². The van der Waals surface area contributed by atoms with E-state index in [1.165, 1.54) is 17.7 Å². The van der Waals surface area contributed by atoms with Crippen LogP contribution < -0.4 is 14.2 Å². The van der Waals surface area contributed by atoms with Gasteiger partial charge in [0.25, 0.3) is 0 Å². The number of benzene rings is 2. The maximum atomic E-state index is 12.3. The lowest BCUT2D eigenvalue weighted by Crippen LogP contribution is -2.26. The molecule has 0 saturated carbocycles. The number of nitrogens with one attached hydrogen (secondary N) is 1. The third-order valence-electron chi connectivity index (χ3n) is 3.81. The predicted octanol–water partition coefficient (Wildman–Crippen LogP) is 2.79. The Kier molecular flexibility index (Phi) is 6.23. The molecule has 0 aliphatic heterocycles. The molecule has 2 aromatic rings. The zero-order valence-corrected chi connectivity index (χ0v) is 15.0. The summed E-state index contributed by atoms with van der Waals surface area (Å²) in [5.41, 5.74) is 2.19. The number of rotatable bonds is 8. The van der Waals surface area contributed by atoms with Gasteiger partial charge in [-0.05, 0) is 54.3 Å².